The Morgan fingerprint density at radius 1 is 0.963 bits per heavy atom. The molecule has 0 spiro atoms. The second-order valence-corrected chi connectivity index (χ2v) is 6.07. The molecule has 1 aliphatic carbocycles. The van der Waals surface area contributed by atoms with E-state index < -0.39 is 0 Å². The van der Waals surface area contributed by atoms with E-state index in [4.69, 9.17) is 0 Å². The molecule has 4 rings (SSSR count). The third-order valence-electron chi connectivity index (χ3n) is 4.07. The van der Waals surface area contributed by atoms with E-state index >= 15 is 0 Å². The molecule has 0 saturated carbocycles. The lowest BCUT2D eigenvalue weighted by Gasteiger charge is -2.16. The predicted octanol–water partition coefficient (Wildman–Crippen LogP) is 3.36. The van der Waals surface area contributed by atoms with E-state index in [9.17, 15) is 9.59 Å². The molecule has 2 aromatic rings. The van der Waals surface area contributed by atoms with Gasteiger partial charge in [-0.25, -0.2) is 9.67 Å². The number of nitrogens with zero attached hydrogens (tertiary/aromatic N) is 3. The Bertz CT molecular complexity index is 1140. The van der Waals surface area contributed by atoms with Gasteiger partial charge in [0.1, 0.15) is 0 Å². The number of benzene rings is 3. The number of amides is 1. The zero-order valence-corrected chi connectivity index (χ0v) is 14.6. The number of rotatable bonds is 3. The average molecular weight is 356 g/mol. The van der Waals surface area contributed by atoms with Crippen LogP contribution in [0, 0.1) is 0 Å². The summed E-state index contributed by atoms with van der Waals surface area (Å²) >= 11 is 0. The van der Waals surface area contributed by atoms with Gasteiger partial charge in [0.05, 0.1) is 22.8 Å². The number of hydrogen-bond donors (Lipinski definition) is 1. The molecule has 2 aliphatic rings. The number of fused-ring (bicyclic) bond motifs is 1. The van der Waals surface area contributed by atoms with Crippen molar-refractivity contribution < 1.29 is 4.79 Å². The molecule has 0 bridgehead atoms. The largest absolute Gasteiger partial charge is 0.323 e. The fourth-order valence-corrected chi connectivity index (χ4v) is 2.86. The molecule has 6 heteroatoms. The van der Waals surface area contributed by atoms with E-state index in [0.29, 0.717) is 17.2 Å². The highest BCUT2D eigenvalue weighted by Gasteiger charge is 2.17. The van der Waals surface area contributed by atoms with E-state index in [1.165, 1.54) is 13.0 Å². The van der Waals surface area contributed by atoms with Crippen molar-refractivity contribution in [2.24, 2.45) is 0 Å². The van der Waals surface area contributed by atoms with Gasteiger partial charge >= 0.3 is 0 Å². The quantitative estimate of drug-likeness (QED) is 0.611. The van der Waals surface area contributed by atoms with Crippen molar-refractivity contribution in [1.82, 2.24) is 14.8 Å². The van der Waals surface area contributed by atoms with Gasteiger partial charge in [-0.2, -0.15) is 0 Å². The van der Waals surface area contributed by atoms with Crippen LogP contribution in [0.5, 0.6) is 0 Å². The van der Waals surface area contributed by atoms with E-state index in [1.54, 1.807) is 10.7 Å². The SMILES string of the molecule is CC(=O)Nc1cc2nc(-c3ccccc3)nn(-c3ccccc3)c-2cc1=O. The smallest absolute Gasteiger partial charge is 0.221 e. The molecule has 2 aromatic carbocycles. The van der Waals surface area contributed by atoms with Gasteiger partial charge < -0.3 is 5.32 Å². The summed E-state index contributed by atoms with van der Waals surface area (Å²) < 4.78 is 1.70. The Morgan fingerprint density at radius 3 is 2.30 bits per heavy atom. The Morgan fingerprint density at radius 2 is 1.63 bits per heavy atom. The summed E-state index contributed by atoms with van der Waals surface area (Å²) in [6.45, 7) is 1.36. The normalized spacial score (nSPS) is 10.7. The van der Waals surface area contributed by atoms with Gasteiger partial charge in [-0.3, -0.25) is 9.59 Å². The fourth-order valence-electron chi connectivity index (χ4n) is 2.86. The van der Waals surface area contributed by atoms with Crippen molar-refractivity contribution in [2.45, 2.75) is 6.92 Å². The first-order valence-electron chi connectivity index (χ1n) is 8.45. The second kappa shape index (κ2) is 6.84. The minimum Gasteiger partial charge on any atom is -0.323 e. The van der Waals surface area contributed by atoms with Crippen LogP contribution < -0.4 is 10.7 Å². The first-order valence-corrected chi connectivity index (χ1v) is 8.45. The van der Waals surface area contributed by atoms with Crippen molar-refractivity contribution in [1.29, 1.82) is 0 Å². The predicted molar refractivity (Wildman–Crippen MR) is 104 cm³/mol. The van der Waals surface area contributed by atoms with Crippen LogP contribution in [0.4, 0.5) is 5.69 Å². The molecule has 27 heavy (non-hydrogen) atoms. The number of anilines is 1. The molecule has 0 radical (unpaired) electrons. The maximum atomic E-state index is 12.4. The van der Waals surface area contributed by atoms with Crippen LogP contribution in [0.25, 0.3) is 28.5 Å². The van der Waals surface area contributed by atoms with Gasteiger partial charge in [0.15, 0.2) is 5.82 Å². The van der Waals surface area contributed by atoms with Crippen molar-refractivity contribution in [3.8, 4) is 28.5 Å². The molecule has 1 N–H and O–H groups in total. The molecule has 0 fully saturated rings. The monoisotopic (exact) mass is 356 g/mol. The molecule has 0 aromatic heterocycles. The third-order valence-corrected chi connectivity index (χ3v) is 4.07. The molecule has 1 amide bonds. The van der Waals surface area contributed by atoms with Gasteiger partial charge in [0, 0.05) is 18.6 Å². The number of carbonyl (C=O) groups is 1. The lowest BCUT2D eigenvalue weighted by Crippen LogP contribution is -2.18. The molecule has 0 saturated heterocycles. The maximum absolute atomic E-state index is 12.4. The number of carbonyl (C=O) groups excluding carboxylic acids is 1. The third kappa shape index (κ3) is 3.32. The second-order valence-electron chi connectivity index (χ2n) is 6.07. The van der Waals surface area contributed by atoms with Crippen LogP contribution in [-0.4, -0.2) is 20.7 Å². The molecule has 1 aliphatic heterocycles. The highest BCUT2D eigenvalue weighted by atomic mass is 16.2. The van der Waals surface area contributed by atoms with Crippen LogP contribution in [0.1, 0.15) is 6.92 Å². The van der Waals surface area contributed by atoms with Crippen molar-refractivity contribution >= 4 is 11.6 Å². The van der Waals surface area contributed by atoms with E-state index in [0.717, 1.165) is 11.3 Å². The van der Waals surface area contributed by atoms with Crippen LogP contribution in [0.2, 0.25) is 0 Å². The van der Waals surface area contributed by atoms with Crippen LogP contribution in [0.3, 0.4) is 0 Å². The van der Waals surface area contributed by atoms with E-state index in [1.807, 2.05) is 60.7 Å². The maximum Gasteiger partial charge on any atom is 0.221 e. The molecule has 0 atom stereocenters. The lowest BCUT2D eigenvalue weighted by atomic mass is 10.1. The van der Waals surface area contributed by atoms with Crippen molar-refractivity contribution in [2.75, 3.05) is 5.32 Å². The molecular weight excluding hydrogens is 340 g/mol. The zero-order chi connectivity index (χ0) is 18.8. The lowest BCUT2D eigenvalue weighted by molar-refractivity contribution is -0.114. The van der Waals surface area contributed by atoms with Gasteiger partial charge in [-0.1, -0.05) is 48.5 Å². The molecule has 132 valence electrons. The number of aromatic nitrogens is 3. The Kier molecular flexibility index (Phi) is 4.22. The Labute approximate surface area is 155 Å². The van der Waals surface area contributed by atoms with Crippen LogP contribution >= 0.6 is 0 Å². The summed E-state index contributed by atoms with van der Waals surface area (Å²) in [5.74, 6) is 0.221. The van der Waals surface area contributed by atoms with Gasteiger partial charge in [0.25, 0.3) is 0 Å². The first-order chi connectivity index (χ1) is 13.1. The van der Waals surface area contributed by atoms with Gasteiger partial charge in [-0.15, -0.1) is 5.10 Å². The fraction of sp³-hybridized carbons (Fsp3) is 0.0476. The van der Waals surface area contributed by atoms with E-state index in [-0.39, 0.29) is 17.0 Å². The van der Waals surface area contributed by atoms with Gasteiger partial charge in [-0.05, 0) is 18.2 Å². The van der Waals surface area contributed by atoms with Gasteiger partial charge in [0.2, 0.25) is 11.3 Å². The van der Waals surface area contributed by atoms with Crippen LogP contribution in [0.15, 0.2) is 77.6 Å². The minimum absolute atomic E-state index is 0.201. The molecule has 1 heterocycles. The standard InChI is InChI=1S/C21H16N4O2/c1-14(26)22-18-12-17-19(13-20(18)27)25(16-10-6-3-7-11-16)24-21(23-17)15-8-4-2-5-9-15/h2-13H,1H3,(H,22,26). The number of hydrogen-bond acceptors (Lipinski definition) is 4. The summed E-state index contributed by atoms with van der Waals surface area (Å²) in [4.78, 5) is 28.4. The Hall–Kier alpha value is -3.80. The highest BCUT2D eigenvalue weighted by molar-refractivity contribution is 5.89. The average Bonchev–Trinajstić information content (AvgIpc) is 2.69. The first kappa shape index (κ1) is 16.7. The summed E-state index contributed by atoms with van der Waals surface area (Å²) in [6.07, 6.45) is 0. The summed E-state index contributed by atoms with van der Waals surface area (Å²) in [6, 6.07) is 22.2. The number of nitrogens with one attached hydrogen (secondary N) is 1. The highest BCUT2D eigenvalue weighted by Crippen LogP contribution is 2.26. The summed E-state index contributed by atoms with van der Waals surface area (Å²) in [5.41, 5.74) is 2.71. The molecular formula is C21H16N4O2. The minimum atomic E-state index is -0.306. The van der Waals surface area contributed by atoms with Crippen LogP contribution in [-0.2, 0) is 4.79 Å². The van der Waals surface area contributed by atoms with E-state index in [2.05, 4.69) is 15.4 Å². The van der Waals surface area contributed by atoms with Crippen molar-refractivity contribution in [3.05, 3.63) is 83.0 Å². The molecule has 0 unspecified atom stereocenters. The topological polar surface area (TPSA) is 76.9 Å². The van der Waals surface area contributed by atoms with Crippen molar-refractivity contribution in [3.63, 3.8) is 0 Å². The Balaban J connectivity index is 2.01. The summed E-state index contributed by atoms with van der Waals surface area (Å²) in [5, 5.41) is 7.22. The summed E-state index contributed by atoms with van der Waals surface area (Å²) in [7, 11) is 0. The molecule has 6 nitrogen and oxygen atoms in total. The number of para-hydroxylation sites is 1. The zero-order valence-electron chi connectivity index (χ0n) is 14.6.